The molecule has 4 nitrogen and oxygen atoms in total. The Bertz CT molecular complexity index is 1650. The Kier molecular flexibility index (Phi) is 5.72. The standard InChI is InChI=1S/C32H18Br2N4/c33-31-25-15-11-21(35-25)29(19-7-3-1-4-8-19)22-12-16-26(36-22)32(34)28-18-14-24(38-28)30(20-9-5-2-6-10-20)23-13-17-27(31)37-23/h1-18H. The van der Waals surface area contributed by atoms with Crippen molar-refractivity contribution in [2.45, 2.75) is 0 Å². The molecular weight excluding hydrogens is 600 g/mol. The molecule has 0 saturated carbocycles. The maximum atomic E-state index is 5.01. The van der Waals surface area contributed by atoms with E-state index in [4.69, 9.17) is 20.0 Å². The topological polar surface area (TPSA) is 49.4 Å². The molecule has 0 amide bonds. The van der Waals surface area contributed by atoms with E-state index in [0.29, 0.717) is 0 Å². The largest absolute Gasteiger partial charge is 0.247 e. The van der Waals surface area contributed by atoms with E-state index in [1.807, 2.05) is 85.0 Å². The van der Waals surface area contributed by atoms with E-state index in [1.165, 1.54) is 0 Å². The third-order valence-corrected chi connectivity index (χ3v) is 8.23. The lowest BCUT2D eigenvalue weighted by Gasteiger charge is -2.10. The van der Waals surface area contributed by atoms with Crippen molar-refractivity contribution in [1.29, 1.82) is 0 Å². The first kappa shape index (κ1) is 23.1. The van der Waals surface area contributed by atoms with Crippen molar-refractivity contribution in [2.75, 3.05) is 0 Å². The summed E-state index contributed by atoms with van der Waals surface area (Å²) >= 11 is 7.58. The summed E-state index contributed by atoms with van der Waals surface area (Å²) in [6.07, 6.45) is 16.3. The zero-order chi connectivity index (χ0) is 25.6. The zero-order valence-electron chi connectivity index (χ0n) is 19.9. The SMILES string of the molecule is BrC1=C2C=CC(=N2)C(c2ccccc2)=C2C=CC(=N2)C(Br)=C2C=CC(=N2)C(c2ccccc2)=C2C=CC1=N2. The zero-order valence-corrected chi connectivity index (χ0v) is 23.1. The van der Waals surface area contributed by atoms with E-state index in [-0.39, 0.29) is 0 Å². The maximum Gasteiger partial charge on any atom is 0.0801 e. The van der Waals surface area contributed by atoms with E-state index < -0.39 is 0 Å². The molecule has 2 aromatic carbocycles. The highest BCUT2D eigenvalue weighted by Gasteiger charge is 2.25. The van der Waals surface area contributed by atoms with Crippen molar-refractivity contribution >= 4 is 65.9 Å². The molecule has 0 radical (unpaired) electrons. The second-order valence-corrected chi connectivity index (χ2v) is 10.6. The number of rotatable bonds is 2. The minimum Gasteiger partial charge on any atom is -0.247 e. The van der Waals surface area contributed by atoms with Gasteiger partial charge < -0.3 is 0 Å². The molecule has 0 aromatic heterocycles. The van der Waals surface area contributed by atoms with Crippen molar-refractivity contribution < 1.29 is 0 Å². The quantitative estimate of drug-likeness (QED) is 0.327. The summed E-state index contributed by atoms with van der Waals surface area (Å²) in [6, 6.07) is 20.5. The van der Waals surface area contributed by atoms with Crippen LogP contribution in [0.3, 0.4) is 0 Å². The van der Waals surface area contributed by atoms with Crippen LogP contribution in [0.15, 0.2) is 161 Å². The van der Waals surface area contributed by atoms with Crippen molar-refractivity contribution in [1.82, 2.24) is 0 Å². The first-order valence-electron chi connectivity index (χ1n) is 12.1. The van der Waals surface area contributed by atoms with E-state index in [1.54, 1.807) is 0 Å². The summed E-state index contributed by atoms with van der Waals surface area (Å²) < 4.78 is 1.68. The van der Waals surface area contributed by atoms with Crippen molar-refractivity contribution in [3.8, 4) is 0 Å². The van der Waals surface area contributed by atoms with Gasteiger partial charge in [0.2, 0.25) is 0 Å². The van der Waals surface area contributed by atoms with Crippen LogP contribution in [-0.4, -0.2) is 22.8 Å². The molecule has 5 aliphatic heterocycles. The third-order valence-electron chi connectivity index (χ3n) is 6.61. The Morgan fingerprint density at radius 2 is 0.711 bits per heavy atom. The number of aliphatic imine (C=N–C) groups is 4. The van der Waals surface area contributed by atoms with E-state index in [0.717, 1.165) is 76.9 Å². The molecule has 0 aliphatic carbocycles. The van der Waals surface area contributed by atoms with Gasteiger partial charge in [-0.3, -0.25) is 0 Å². The van der Waals surface area contributed by atoms with Gasteiger partial charge in [-0.25, -0.2) is 20.0 Å². The van der Waals surface area contributed by atoms with Crippen molar-refractivity contribution in [3.05, 3.63) is 152 Å². The molecule has 6 heteroatoms. The first-order valence-corrected chi connectivity index (χ1v) is 13.7. The molecule has 7 rings (SSSR count). The van der Waals surface area contributed by atoms with Crippen LogP contribution in [-0.2, 0) is 0 Å². The van der Waals surface area contributed by atoms with E-state index >= 15 is 0 Å². The number of hydrogen-bond acceptors (Lipinski definition) is 4. The number of nitrogens with zero attached hydrogens (tertiary/aromatic N) is 4. The summed E-state index contributed by atoms with van der Waals surface area (Å²) in [5, 5.41) is 0. The van der Waals surface area contributed by atoms with Crippen LogP contribution in [0.2, 0.25) is 0 Å². The Hall–Kier alpha value is -4.00. The van der Waals surface area contributed by atoms with Crippen LogP contribution in [0.5, 0.6) is 0 Å². The molecule has 0 saturated heterocycles. The highest BCUT2D eigenvalue weighted by atomic mass is 79.9. The fourth-order valence-corrected chi connectivity index (χ4v) is 5.70. The Morgan fingerprint density at radius 3 is 1.13 bits per heavy atom. The number of allylic oxidation sites excluding steroid dienone is 12. The smallest absolute Gasteiger partial charge is 0.0801 e. The maximum absolute atomic E-state index is 5.01. The third kappa shape index (κ3) is 3.97. The Labute approximate surface area is 237 Å². The molecule has 5 heterocycles. The molecule has 0 fully saturated rings. The number of benzene rings is 2. The molecule has 180 valence electrons. The van der Waals surface area contributed by atoms with Crippen LogP contribution in [0, 0.1) is 0 Å². The molecule has 5 aliphatic rings. The average Bonchev–Trinajstić information content (AvgIpc) is 3.77. The summed E-state index contributed by atoms with van der Waals surface area (Å²) in [5.41, 5.74) is 10.8. The lowest BCUT2D eigenvalue weighted by molar-refractivity contribution is 1.40. The number of hydrogen-bond donors (Lipinski definition) is 0. The lowest BCUT2D eigenvalue weighted by atomic mass is 9.99. The lowest BCUT2D eigenvalue weighted by Crippen LogP contribution is -2.01. The van der Waals surface area contributed by atoms with Crippen molar-refractivity contribution in [2.24, 2.45) is 20.0 Å². The highest BCUT2D eigenvalue weighted by Crippen LogP contribution is 2.36. The molecule has 0 spiro atoms. The average molecular weight is 618 g/mol. The predicted molar refractivity (Wildman–Crippen MR) is 165 cm³/mol. The van der Waals surface area contributed by atoms with Crippen molar-refractivity contribution in [3.63, 3.8) is 0 Å². The van der Waals surface area contributed by atoms with Gasteiger partial charge in [0.1, 0.15) is 0 Å². The Morgan fingerprint density at radius 1 is 0.368 bits per heavy atom. The second kappa shape index (κ2) is 9.39. The fraction of sp³-hybridized carbons (Fsp3) is 0. The van der Waals surface area contributed by atoms with Crippen LogP contribution < -0.4 is 0 Å². The van der Waals surface area contributed by atoms with Gasteiger partial charge in [-0.1, -0.05) is 60.7 Å². The minimum atomic E-state index is 0.819. The van der Waals surface area contributed by atoms with Crippen LogP contribution >= 0.6 is 31.9 Å². The highest BCUT2D eigenvalue weighted by molar-refractivity contribution is 9.12. The Balaban J connectivity index is 1.50. The van der Waals surface area contributed by atoms with Gasteiger partial charge in [-0.15, -0.1) is 0 Å². The summed E-state index contributed by atoms with van der Waals surface area (Å²) in [6.45, 7) is 0. The molecule has 2 aromatic rings. The van der Waals surface area contributed by atoms with Gasteiger partial charge in [0.15, 0.2) is 0 Å². The normalized spacial score (nSPS) is 19.6. The number of fused-ring (bicyclic) bond motifs is 4. The van der Waals surface area contributed by atoms with Gasteiger partial charge >= 0.3 is 0 Å². The predicted octanol–water partition coefficient (Wildman–Crippen LogP) is 8.08. The molecule has 0 N–H and O–H groups in total. The van der Waals surface area contributed by atoms with E-state index in [9.17, 15) is 0 Å². The van der Waals surface area contributed by atoms with Gasteiger partial charge in [-0.05, 0) is 91.6 Å². The second-order valence-electron chi connectivity index (χ2n) is 8.97. The minimum absolute atomic E-state index is 0.819. The van der Waals surface area contributed by atoms with Crippen LogP contribution in [0.4, 0.5) is 0 Å². The summed E-state index contributed by atoms with van der Waals surface area (Å²) in [4.78, 5) is 20.1. The van der Waals surface area contributed by atoms with Gasteiger partial charge in [0, 0.05) is 11.1 Å². The molecule has 38 heavy (non-hydrogen) atoms. The van der Waals surface area contributed by atoms with Gasteiger partial charge in [-0.2, -0.15) is 0 Å². The monoisotopic (exact) mass is 616 g/mol. The van der Waals surface area contributed by atoms with Gasteiger partial charge in [0.05, 0.1) is 54.6 Å². The molecule has 0 atom stereocenters. The first-order chi connectivity index (χ1) is 18.7. The molecule has 8 bridgehead atoms. The molecule has 0 unspecified atom stereocenters. The molecular formula is C32H18Br2N4. The van der Waals surface area contributed by atoms with E-state index in [2.05, 4.69) is 56.1 Å². The van der Waals surface area contributed by atoms with Crippen LogP contribution in [0.25, 0.3) is 11.1 Å². The van der Waals surface area contributed by atoms with Gasteiger partial charge in [0.25, 0.3) is 0 Å². The number of halogens is 2. The fourth-order valence-electron chi connectivity index (χ4n) is 4.82. The summed E-state index contributed by atoms with van der Waals surface area (Å²) in [5.74, 6) is 0. The summed E-state index contributed by atoms with van der Waals surface area (Å²) in [7, 11) is 0. The van der Waals surface area contributed by atoms with Crippen LogP contribution in [0.1, 0.15) is 11.1 Å².